The number of anilines is 2. The fourth-order valence-corrected chi connectivity index (χ4v) is 3.28. The Kier molecular flexibility index (Phi) is 6.71. The summed E-state index contributed by atoms with van der Waals surface area (Å²) in [7, 11) is 1.65. The predicted octanol–water partition coefficient (Wildman–Crippen LogP) is 2.73. The van der Waals surface area contributed by atoms with Crippen molar-refractivity contribution in [3.63, 3.8) is 0 Å². The van der Waals surface area contributed by atoms with Crippen molar-refractivity contribution in [1.82, 2.24) is 10.1 Å². The Bertz CT molecular complexity index is 701. The van der Waals surface area contributed by atoms with Gasteiger partial charge in [-0.3, -0.25) is 0 Å². The molecule has 0 spiro atoms. The molecule has 2 aromatic rings. The van der Waals surface area contributed by atoms with E-state index < -0.39 is 0 Å². The average Bonchev–Trinajstić information content (AvgIpc) is 3.13. The van der Waals surface area contributed by atoms with Gasteiger partial charge >= 0.3 is 0 Å². The number of aliphatic hydroxyl groups is 1. The van der Waals surface area contributed by atoms with Gasteiger partial charge in [-0.2, -0.15) is 4.98 Å². The van der Waals surface area contributed by atoms with Crippen molar-refractivity contribution in [2.45, 2.75) is 25.8 Å². The minimum Gasteiger partial charge on any atom is -0.396 e. The SMILES string of the molecule is COCCc1noc(CNc2cc(Cl)ccc2N2CCC(CO)CC2)n1. The molecule has 7 nitrogen and oxygen atoms in total. The molecule has 0 amide bonds. The van der Waals surface area contributed by atoms with E-state index in [1.807, 2.05) is 18.2 Å². The number of hydrogen-bond donors (Lipinski definition) is 2. The molecule has 2 N–H and O–H groups in total. The summed E-state index contributed by atoms with van der Waals surface area (Å²) >= 11 is 6.19. The van der Waals surface area contributed by atoms with E-state index in [1.165, 1.54) is 0 Å². The third kappa shape index (κ3) is 4.87. The van der Waals surface area contributed by atoms with Crippen LogP contribution in [0.25, 0.3) is 0 Å². The van der Waals surface area contributed by atoms with Gasteiger partial charge in [0.05, 0.1) is 24.5 Å². The lowest BCUT2D eigenvalue weighted by atomic mass is 9.97. The highest BCUT2D eigenvalue weighted by molar-refractivity contribution is 6.31. The van der Waals surface area contributed by atoms with E-state index in [9.17, 15) is 5.11 Å². The normalized spacial score (nSPS) is 15.4. The van der Waals surface area contributed by atoms with E-state index in [1.54, 1.807) is 7.11 Å². The molecule has 0 bridgehead atoms. The zero-order valence-electron chi connectivity index (χ0n) is 14.9. The van der Waals surface area contributed by atoms with Crippen LogP contribution in [0.2, 0.25) is 5.02 Å². The number of nitrogens with one attached hydrogen (secondary N) is 1. The summed E-state index contributed by atoms with van der Waals surface area (Å²) in [5, 5.41) is 17.3. The largest absolute Gasteiger partial charge is 0.396 e. The van der Waals surface area contributed by atoms with Crippen LogP contribution in [0.15, 0.2) is 22.7 Å². The van der Waals surface area contributed by atoms with E-state index in [-0.39, 0.29) is 6.61 Å². The van der Waals surface area contributed by atoms with E-state index in [4.69, 9.17) is 20.9 Å². The monoisotopic (exact) mass is 380 g/mol. The van der Waals surface area contributed by atoms with Crippen molar-refractivity contribution < 1.29 is 14.4 Å². The van der Waals surface area contributed by atoms with Gasteiger partial charge in [0.2, 0.25) is 5.89 Å². The first-order valence-electron chi connectivity index (χ1n) is 8.89. The molecule has 0 atom stereocenters. The van der Waals surface area contributed by atoms with Gasteiger partial charge in [-0.15, -0.1) is 0 Å². The second-order valence-corrected chi connectivity index (χ2v) is 6.91. The summed E-state index contributed by atoms with van der Waals surface area (Å²) < 4.78 is 10.3. The molecule has 3 rings (SSSR count). The van der Waals surface area contributed by atoms with E-state index in [0.29, 0.717) is 42.2 Å². The molecular formula is C18H25ClN4O3. The Balaban J connectivity index is 1.65. The number of halogens is 1. The van der Waals surface area contributed by atoms with Crippen molar-refractivity contribution in [2.75, 3.05) is 43.6 Å². The van der Waals surface area contributed by atoms with Crippen LogP contribution in [0.1, 0.15) is 24.6 Å². The third-order valence-corrected chi connectivity index (χ3v) is 4.88. The topological polar surface area (TPSA) is 83.7 Å². The highest BCUT2D eigenvalue weighted by Gasteiger charge is 2.21. The predicted molar refractivity (Wildman–Crippen MR) is 101 cm³/mol. The summed E-state index contributed by atoms with van der Waals surface area (Å²) in [6, 6.07) is 5.84. The number of hydrogen-bond acceptors (Lipinski definition) is 7. The molecule has 1 fully saturated rings. The Morgan fingerprint density at radius 1 is 1.38 bits per heavy atom. The Morgan fingerprint density at radius 2 is 2.19 bits per heavy atom. The molecule has 8 heteroatoms. The average molecular weight is 381 g/mol. The fourth-order valence-electron chi connectivity index (χ4n) is 3.11. The number of nitrogens with zero attached hydrogens (tertiary/aromatic N) is 3. The second-order valence-electron chi connectivity index (χ2n) is 6.48. The van der Waals surface area contributed by atoms with Gasteiger partial charge < -0.3 is 24.6 Å². The first-order chi connectivity index (χ1) is 12.7. The van der Waals surface area contributed by atoms with Crippen LogP contribution in [0.5, 0.6) is 0 Å². The van der Waals surface area contributed by atoms with Crippen LogP contribution in [0.4, 0.5) is 11.4 Å². The molecule has 142 valence electrons. The van der Waals surface area contributed by atoms with E-state index in [2.05, 4.69) is 20.4 Å². The summed E-state index contributed by atoms with van der Waals surface area (Å²) in [5.41, 5.74) is 2.04. The number of methoxy groups -OCH3 is 1. The number of ether oxygens (including phenoxy) is 1. The van der Waals surface area contributed by atoms with Gasteiger partial charge in [0.15, 0.2) is 5.82 Å². The lowest BCUT2D eigenvalue weighted by molar-refractivity contribution is 0.199. The molecule has 0 aliphatic carbocycles. The number of aliphatic hydroxyl groups excluding tert-OH is 1. The van der Waals surface area contributed by atoms with Gasteiger partial charge in [0, 0.05) is 38.2 Å². The minimum absolute atomic E-state index is 0.266. The first-order valence-corrected chi connectivity index (χ1v) is 9.27. The van der Waals surface area contributed by atoms with Crippen LogP contribution >= 0.6 is 11.6 Å². The van der Waals surface area contributed by atoms with Crippen molar-refractivity contribution in [2.24, 2.45) is 5.92 Å². The molecule has 1 aromatic carbocycles. The summed E-state index contributed by atoms with van der Waals surface area (Å²) in [6.07, 6.45) is 2.61. The highest BCUT2D eigenvalue weighted by Crippen LogP contribution is 2.32. The quantitative estimate of drug-likeness (QED) is 0.728. The number of rotatable bonds is 8. The number of aromatic nitrogens is 2. The molecule has 1 aliphatic heterocycles. The van der Waals surface area contributed by atoms with Crippen molar-refractivity contribution in [3.8, 4) is 0 Å². The summed E-state index contributed by atoms with van der Waals surface area (Å²) in [4.78, 5) is 6.68. The van der Waals surface area contributed by atoms with Crippen LogP contribution in [0.3, 0.4) is 0 Å². The summed E-state index contributed by atoms with van der Waals surface area (Å²) in [6.45, 7) is 3.10. The standard InChI is InChI=1S/C18H25ClN4O3/c1-25-9-6-17-21-18(26-22-17)11-20-15-10-14(19)2-3-16(15)23-7-4-13(12-24)5-8-23/h2-3,10,13,20,24H,4-9,11-12H2,1H3. The number of piperidine rings is 1. The molecular weight excluding hydrogens is 356 g/mol. The van der Waals surface area contributed by atoms with Gasteiger partial charge in [0.1, 0.15) is 0 Å². The Labute approximate surface area is 158 Å². The van der Waals surface area contributed by atoms with Crippen LogP contribution < -0.4 is 10.2 Å². The smallest absolute Gasteiger partial charge is 0.245 e. The van der Waals surface area contributed by atoms with Gasteiger partial charge in [0.25, 0.3) is 0 Å². The zero-order valence-corrected chi connectivity index (χ0v) is 15.7. The number of benzene rings is 1. The molecule has 1 aromatic heterocycles. The zero-order chi connectivity index (χ0) is 18.4. The Hall–Kier alpha value is -1.83. The maximum Gasteiger partial charge on any atom is 0.245 e. The Morgan fingerprint density at radius 3 is 2.92 bits per heavy atom. The van der Waals surface area contributed by atoms with Gasteiger partial charge in [-0.25, -0.2) is 0 Å². The fraction of sp³-hybridized carbons (Fsp3) is 0.556. The maximum atomic E-state index is 9.33. The van der Waals surface area contributed by atoms with Gasteiger partial charge in [-0.1, -0.05) is 16.8 Å². The molecule has 26 heavy (non-hydrogen) atoms. The van der Waals surface area contributed by atoms with Crippen molar-refractivity contribution in [3.05, 3.63) is 34.9 Å². The van der Waals surface area contributed by atoms with Crippen LogP contribution in [0, 0.1) is 5.92 Å². The van der Waals surface area contributed by atoms with Crippen LogP contribution in [-0.2, 0) is 17.7 Å². The summed E-state index contributed by atoms with van der Waals surface area (Å²) in [5.74, 6) is 1.57. The van der Waals surface area contributed by atoms with Crippen molar-refractivity contribution >= 4 is 23.0 Å². The minimum atomic E-state index is 0.266. The van der Waals surface area contributed by atoms with Gasteiger partial charge in [-0.05, 0) is 37.0 Å². The molecule has 2 heterocycles. The van der Waals surface area contributed by atoms with E-state index in [0.717, 1.165) is 37.3 Å². The molecule has 0 unspecified atom stereocenters. The lowest BCUT2D eigenvalue weighted by Crippen LogP contribution is -2.35. The van der Waals surface area contributed by atoms with E-state index >= 15 is 0 Å². The maximum absolute atomic E-state index is 9.33. The van der Waals surface area contributed by atoms with Crippen molar-refractivity contribution in [1.29, 1.82) is 0 Å². The lowest BCUT2D eigenvalue weighted by Gasteiger charge is -2.34. The molecule has 1 aliphatic rings. The highest BCUT2D eigenvalue weighted by atomic mass is 35.5. The molecule has 0 saturated carbocycles. The molecule has 1 saturated heterocycles. The first kappa shape index (κ1) is 18.9. The third-order valence-electron chi connectivity index (χ3n) is 4.64. The molecule has 0 radical (unpaired) electrons. The van der Waals surface area contributed by atoms with Crippen LogP contribution in [-0.4, -0.2) is 48.7 Å². The second kappa shape index (κ2) is 9.21.